The molecule has 2 rings (SSSR count). The molecule has 0 bridgehead atoms. The number of rotatable bonds is 7. The van der Waals surface area contributed by atoms with Crippen LogP contribution in [0.1, 0.15) is 28.9 Å². The fourth-order valence-electron chi connectivity index (χ4n) is 2.39. The zero-order chi connectivity index (χ0) is 19.3. The number of amides is 1. The summed E-state index contributed by atoms with van der Waals surface area (Å²) in [5.41, 5.74) is 1.12. The fraction of sp³-hybridized carbons (Fsp3) is 0.278. The minimum absolute atomic E-state index is 0.0905. The molecule has 2 N–H and O–H groups in total. The van der Waals surface area contributed by atoms with Crippen LogP contribution in [0.3, 0.4) is 0 Å². The minimum atomic E-state index is -3.75. The van der Waals surface area contributed by atoms with Gasteiger partial charge in [0.05, 0.1) is 20.3 Å². The second kappa shape index (κ2) is 8.20. The van der Waals surface area contributed by atoms with Crippen molar-refractivity contribution in [2.75, 3.05) is 21.3 Å². The van der Waals surface area contributed by atoms with Gasteiger partial charge in [-0.2, -0.15) is 0 Å². The number of hydrogen-bond donors (Lipinski definition) is 2. The highest BCUT2D eigenvalue weighted by molar-refractivity contribution is 7.89. The van der Waals surface area contributed by atoms with E-state index in [1.54, 1.807) is 7.11 Å². The second-order valence-electron chi connectivity index (χ2n) is 5.54. The topological polar surface area (TPSA) is 93.7 Å². The normalized spacial score (nSPS) is 12.3. The molecule has 1 amide bonds. The van der Waals surface area contributed by atoms with Crippen LogP contribution in [0.4, 0.5) is 0 Å². The fourth-order valence-corrected chi connectivity index (χ4v) is 3.31. The molecule has 140 valence electrons. The van der Waals surface area contributed by atoms with Crippen molar-refractivity contribution in [1.82, 2.24) is 10.0 Å². The van der Waals surface area contributed by atoms with Crippen molar-refractivity contribution in [2.24, 2.45) is 0 Å². The smallest absolute Gasteiger partial charge is 0.251 e. The van der Waals surface area contributed by atoms with Gasteiger partial charge >= 0.3 is 0 Å². The summed E-state index contributed by atoms with van der Waals surface area (Å²) in [6.45, 7) is 1.84. The van der Waals surface area contributed by atoms with Crippen LogP contribution in [0.15, 0.2) is 47.4 Å². The van der Waals surface area contributed by atoms with E-state index >= 15 is 0 Å². The van der Waals surface area contributed by atoms with E-state index in [2.05, 4.69) is 10.0 Å². The van der Waals surface area contributed by atoms with Crippen LogP contribution in [0.5, 0.6) is 11.5 Å². The molecule has 0 saturated heterocycles. The van der Waals surface area contributed by atoms with Crippen LogP contribution in [0.25, 0.3) is 0 Å². The molecule has 0 aliphatic carbocycles. The van der Waals surface area contributed by atoms with Crippen molar-refractivity contribution in [3.05, 3.63) is 53.6 Å². The van der Waals surface area contributed by atoms with E-state index in [1.807, 2.05) is 31.2 Å². The number of sulfonamides is 1. The summed E-state index contributed by atoms with van der Waals surface area (Å²) in [6.07, 6.45) is 0. The number of nitrogens with one attached hydrogen (secondary N) is 2. The predicted octanol–water partition coefficient (Wildman–Crippen LogP) is 2.10. The second-order valence-corrected chi connectivity index (χ2v) is 7.40. The Labute approximate surface area is 153 Å². The number of benzene rings is 2. The summed E-state index contributed by atoms with van der Waals surface area (Å²) in [7, 11) is 0.499. The van der Waals surface area contributed by atoms with E-state index in [-0.39, 0.29) is 28.2 Å². The molecule has 2 aromatic carbocycles. The van der Waals surface area contributed by atoms with Crippen molar-refractivity contribution in [3.63, 3.8) is 0 Å². The van der Waals surface area contributed by atoms with Gasteiger partial charge in [-0.25, -0.2) is 13.1 Å². The van der Waals surface area contributed by atoms with Crippen LogP contribution in [0, 0.1) is 0 Å². The highest BCUT2D eigenvalue weighted by Crippen LogP contribution is 2.25. The van der Waals surface area contributed by atoms with Crippen molar-refractivity contribution in [2.45, 2.75) is 17.9 Å². The summed E-state index contributed by atoms with van der Waals surface area (Å²) in [4.78, 5) is 12.4. The minimum Gasteiger partial charge on any atom is -0.497 e. The molecule has 7 nitrogen and oxygen atoms in total. The molecule has 26 heavy (non-hydrogen) atoms. The lowest BCUT2D eigenvalue weighted by atomic mass is 10.1. The van der Waals surface area contributed by atoms with Gasteiger partial charge in [0, 0.05) is 5.56 Å². The molecule has 0 radical (unpaired) electrons. The van der Waals surface area contributed by atoms with Crippen LogP contribution in [-0.4, -0.2) is 35.6 Å². The zero-order valence-electron chi connectivity index (χ0n) is 15.1. The van der Waals surface area contributed by atoms with Gasteiger partial charge in [-0.15, -0.1) is 0 Å². The molecule has 1 unspecified atom stereocenters. The first-order valence-corrected chi connectivity index (χ1v) is 9.37. The molecular weight excluding hydrogens is 356 g/mol. The average molecular weight is 378 g/mol. The lowest BCUT2D eigenvalue weighted by Crippen LogP contribution is -2.27. The first kappa shape index (κ1) is 19.7. The first-order valence-electron chi connectivity index (χ1n) is 7.88. The van der Waals surface area contributed by atoms with E-state index < -0.39 is 10.0 Å². The Bertz CT molecular complexity index is 879. The Balaban J connectivity index is 2.24. The van der Waals surface area contributed by atoms with Gasteiger partial charge < -0.3 is 14.8 Å². The number of ether oxygens (including phenoxy) is 2. The van der Waals surface area contributed by atoms with Crippen molar-refractivity contribution in [3.8, 4) is 11.5 Å². The van der Waals surface area contributed by atoms with Gasteiger partial charge in [0.15, 0.2) is 0 Å². The third-order valence-electron chi connectivity index (χ3n) is 3.95. The maximum absolute atomic E-state index is 12.5. The Morgan fingerprint density at radius 2 is 1.69 bits per heavy atom. The van der Waals surface area contributed by atoms with Gasteiger partial charge in [0.25, 0.3) is 5.91 Å². The Morgan fingerprint density at radius 3 is 2.23 bits per heavy atom. The number of carbonyl (C=O) groups excluding carboxylic acids is 1. The van der Waals surface area contributed by atoms with E-state index in [0.29, 0.717) is 0 Å². The van der Waals surface area contributed by atoms with Crippen LogP contribution < -0.4 is 19.5 Å². The van der Waals surface area contributed by atoms with Crippen LogP contribution in [-0.2, 0) is 10.0 Å². The summed E-state index contributed by atoms with van der Waals surface area (Å²) >= 11 is 0. The number of carbonyl (C=O) groups is 1. The molecule has 8 heteroatoms. The van der Waals surface area contributed by atoms with E-state index in [9.17, 15) is 13.2 Å². The molecule has 0 spiro atoms. The standard InChI is InChI=1S/C18H22N2O5S/c1-12(13-5-8-15(24-3)9-6-13)20-18(21)14-7-10-16(25-4)17(11-14)26(22,23)19-2/h5-12,19H,1-4H3,(H,20,21). The summed E-state index contributed by atoms with van der Waals surface area (Å²) in [5.74, 6) is 0.506. The van der Waals surface area contributed by atoms with E-state index in [0.717, 1.165) is 11.3 Å². The SMILES string of the molecule is CNS(=O)(=O)c1cc(C(=O)NC(C)c2ccc(OC)cc2)ccc1OC. The number of methoxy groups -OCH3 is 2. The van der Waals surface area contributed by atoms with Crippen molar-refractivity contribution >= 4 is 15.9 Å². The third kappa shape index (κ3) is 4.33. The lowest BCUT2D eigenvalue weighted by Gasteiger charge is -2.16. The maximum atomic E-state index is 12.5. The first-order chi connectivity index (χ1) is 12.3. The molecule has 2 aromatic rings. The maximum Gasteiger partial charge on any atom is 0.251 e. The average Bonchev–Trinajstić information content (AvgIpc) is 2.67. The molecule has 0 heterocycles. The van der Waals surface area contributed by atoms with Gasteiger partial charge in [-0.05, 0) is 49.9 Å². The zero-order valence-corrected chi connectivity index (χ0v) is 15.9. The molecule has 1 atom stereocenters. The van der Waals surface area contributed by atoms with Gasteiger partial charge in [-0.3, -0.25) is 4.79 Å². The van der Waals surface area contributed by atoms with Gasteiger partial charge in [0.1, 0.15) is 16.4 Å². The van der Waals surface area contributed by atoms with Crippen molar-refractivity contribution < 1.29 is 22.7 Å². The summed E-state index contributed by atoms with van der Waals surface area (Å²) < 4.78 is 36.7. The summed E-state index contributed by atoms with van der Waals surface area (Å²) in [5, 5.41) is 2.85. The van der Waals surface area contributed by atoms with Crippen LogP contribution >= 0.6 is 0 Å². The molecule has 0 aliphatic heterocycles. The van der Waals surface area contributed by atoms with E-state index in [1.165, 1.54) is 32.4 Å². The largest absolute Gasteiger partial charge is 0.497 e. The monoisotopic (exact) mass is 378 g/mol. The Morgan fingerprint density at radius 1 is 1.04 bits per heavy atom. The Kier molecular flexibility index (Phi) is 6.23. The molecule has 0 aliphatic rings. The third-order valence-corrected chi connectivity index (χ3v) is 5.38. The lowest BCUT2D eigenvalue weighted by molar-refractivity contribution is 0.0939. The summed E-state index contributed by atoms with van der Waals surface area (Å²) in [6, 6.07) is 11.3. The molecule has 0 saturated carbocycles. The molecule has 0 aromatic heterocycles. The van der Waals surface area contributed by atoms with Crippen molar-refractivity contribution in [1.29, 1.82) is 0 Å². The Hall–Kier alpha value is -2.58. The highest BCUT2D eigenvalue weighted by Gasteiger charge is 2.21. The molecule has 0 fully saturated rings. The number of hydrogen-bond acceptors (Lipinski definition) is 5. The van der Waals surface area contributed by atoms with Gasteiger partial charge in [-0.1, -0.05) is 12.1 Å². The predicted molar refractivity (Wildman–Crippen MR) is 98.1 cm³/mol. The quantitative estimate of drug-likeness (QED) is 0.770. The highest BCUT2D eigenvalue weighted by atomic mass is 32.2. The van der Waals surface area contributed by atoms with E-state index in [4.69, 9.17) is 9.47 Å². The van der Waals surface area contributed by atoms with Crippen LogP contribution in [0.2, 0.25) is 0 Å². The molecular formula is C18H22N2O5S. The van der Waals surface area contributed by atoms with Gasteiger partial charge in [0.2, 0.25) is 10.0 Å².